The van der Waals surface area contributed by atoms with E-state index in [4.69, 9.17) is 0 Å². The number of benzene rings is 2. The number of rotatable bonds is 7. The largest absolute Gasteiger partial charge is 0.326 e. The van der Waals surface area contributed by atoms with Gasteiger partial charge < -0.3 is 5.32 Å². The highest BCUT2D eigenvalue weighted by Crippen LogP contribution is 2.20. The van der Waals surface area contributed by atoms with Crippen LogP contribution in [0.15, 0.2) is 42.5 Å². The van der Waals surface area contributed by atoms with Gasteiger partial charge in [0.1, 0.15) is 5.92 Å². The molecule has 0 saturated carbocycles. The third kappa shape index (κ3) is 5.29. The van der Waals surface area contributed by atoms with Gasteiger partial charge in [0.2, 0.25) is 5.91 Å². The third-order valence-electron chi connectivity index (χ3n) is 4.48. The molecule has 1 amide bonds. The van der Waals surface area contributed by atoms with Gasteiger partial charge >= 0.3 is 0 Å². The lowest BCUT2D eigenvalue weighted by atomic mass is 9.92. The summed E-state index contributed by atoms with van der Waals surface area (Å²) in [5.41, 5.74) is 4.85. The number of nitrogens with zero attached hydrogens (tertiary/aromatic N) is 1. The molecule has 2 rings (SSSR count). The molecule has 26 heavy (non-hydrogen) atoms. The number of ketones is 1. The summed E-state index contributed by atoms with van der Waals surface area (Å²) in [5, 5.41) is 12.2. The summed E-state index contributed by atoms with van der Waals surface area (Å²) in [6.07, 6.45) is 0.900. The smallest absolute Gasteiger partial charge is 0.224 e. The zero-order valence-electron chi connectivity index (χ0n) is 15.5. The Bertz CT molecular complexity index is 832. The molecule has 2 aromatic rings. The zero-order valence-corrected chi connectivity index (χ0v) is 15.5. The monoisotopic (exact) mass is 348 g/mol. The summed E-state index contributed by atoms with van der Waals surface area (Å²) in [5.74, 6) is -1.03. The number of carbonyl (C=O) groups excluding carboxylic acids is 2. The summed E-state index contributed by atoms with van der Waals surface area (Å²) in [6.45, 7) is 5.98. The Balaban J connectivity index is 1.84. The van der Waals surface area contributed by atoms with Crippen LogP contribution >= 0.6 is 0 Å². The minimum atomic E-state index is -0.765. The van der Waals surface area contributed by atoms with Crippen molar-refractivity contribution in [1.29, 1.82) is 5.26 Å². The van der Waals surface area contributed by atoms with Crippen LogP contribution in [0.25, 0.3) is 0 Å². The van der Waals surface area contributed by atoms with Crippen molar-refractivity contribution in [2.24, 2.45) is 0 Å². The average molecular weight is 348 g/mol. The van der Waals surface area contributed by atoms with Gasteiger partial charge in [0.15, 0.2) is 5.78 Å². The summed E-state index contributed by atoms with van der Waals surface area (Å²) >= 11 is 0. The Labute approximate surface area is 154 Å². The summed E-state index contributed by atoms with van der Waals surface area (Å²) in [4.78, 5) is 24.4. The molecule has 1 N–H and O–H groups in total. The number of aryl methyl sites for hydroxylation is 3. The number of amides is 1. The second kappa shape index (κ2) is 8.96. The number of carbonyl (C=O) groups is 2. The van der Waals surface area contributed by atoms with E-state index in [0.29, 0.717) is 12.0 Å². The summed E-state index contributed by atoms with van der Waals surface area (Å²) in [7, 11) is 0. The fourth-order valence-electron chi connectivity index (χ4n) is 2.70. The molecule has 0 bridgehead atoms. The molecule has 4 nitrogen and oxygen atoms in total. The fourth-order valence-corrected chi connectivity index (χ4v) is 2.70. The van der Waals surface area contributed by atoms with Crippen LogP contribution in [-0.2, 0) is 9.59 Å². The lowest BCUT2D eigenvalue weighted by molar-refractivity contribution is -0.119. The molecular weight excluding hydrogens is 324 g/mol. The van der Waals surface area contributed by atoms with E-state index in [2.05, 4.69) is 11.4 Å². The first-order valence-corrected chi connectivity index (χ1v) is 8.76. The van der Waals surface area contributed by atoms with Crippen LogP contribution in [0.5, 0.6) is 0 Å². The van der Waals surface area contributed by atoms with E-state index in [1.165, 1.54) is 5.56 Å². The van der Waals surface area contributed by atoms with Crippen LogP contribution in [0.2, 0.25) is 0 Å². The average Bonchev–Trinajstić information content (AvgIpc) is 2.60. The van der Waals surface area contributed by atoms with Gasteiger partial charge in [-0.3, -0.25) is 9.59 Å². The Hall–Kier alpha value is -2.93. The maximum Gasteiger partial charge on any atom is 0.224 e. The molecule has 0 aromatic heterocycles. The number of hydrogen-bond donors (Lipinski definition) is 1. The molecule has 2 aromatic carbocycles. The number of nitriles is 1. The molecule has 134 valence electrons. The van der Waals surface area contributed by atoms with Crippen molar-refractivity contribution in [2.45, 2.75) is 46.0 Å². The molecule has 1 atom stereocenters. The number of Topliss-reactive ketones (excluding diaryl/α,β-unsaturated/α-hetero) is 1. The van der Waals surface area contributed by atoms with E-state index in [0.717, 1.165) is 16.8 Å². The predicted molar refractivity (Wildman–Crippen MR) is 103 cm³/mol. The van der Waals surface area contributed by atoms with Gasteiger partial charge in [0.25, 0.3) is 0 Å². The highest BCUT2D eigenvalue weighted by molar-refractivity contribution is 5.92. The first-order chi connectivity index (χ1) is 12.4. The van der Waals surface area contributed by atoms with Crippen molar-refractivity contribution >= 4 is 17.4 Å². The first-order valence-electron chi connectivity index (χ1n) is 8.76. The first kappa shape index (κ1) is 19.4. The summed E-state index contributed by atoms with van der Waals surface area (Å²) in [6, 6.07) is 15.3. The second-order valence-electron chi connectivity index (χ2n) is 6.64. The molecule has 0 fully saturated rings. The molecule has 0 saturated heterocycles. The van der Waals surface area contributed by atoms with Crippen molar-refractivity contribution in [3.63, 3.8) is 0 Å². The molecule has 0 aliphatic rings. The molecule has 4 heteroatoms. The van der Waals surface area contributed by atoms with Gasteiger partial charge in [-0.25, -0.2) is 0 Å². The van der Waals surface area contributed by atoms with Crippen molar-refractivity contribution in [3.8, 4) is 6.07 Å². The van der Waals surface area contributed by atoms with Crippen molar-refractivity contribution in [3.05, 3.63) is 64.7 Å². The normalized spacial score (nSPS) is 11.5. The SMILES string of the molecule is Cc1ccc([C@@H](C#N)C(=O)CCCC(=O)Nc2ccc(C)c(C)c2)cc1. The highest BCUT2D eigenvalue weighted by atomic mass is 16.1. The predicted octanol–water partition coefficient (Wildman–Crippen LogP) is 4.60. The van der Waals surface area contributed by atoms with Crippen LogP contribution in [0, 0.1) is 32.1 Å². The minimum absolute atomic E-state index is 0.120. The van der Waals surface area contributed by atoms with Crippen LogP contribution in [-0.4, -0.2) is 11.7 Å². The maximum absolute atomic E-state index is 12.3. The van der Waals surface area contributed by atoms with Crippen LogP contribution in [0.4, 0.5) is 5.69 Å². The topological polar surface area (TPSA) is 70.0 Å². The van der Waals surface area contributed by atoms with E-state index in [-0.39, 0.29) is 24.5 Å². The lowest BCUT2D eigenvalue weighted by Crippen LogP contribution is -2.14. The lowest BCUT2D eigenvalue weighted by Gasteiger charge is -2.10. The van der Waals surface area contributed by atoms with E-state index in [9.17, 15) is 14.9 Å². The number of anilines is 1. The maximum atomic E-state index is 12.3. The molecular formula is C22H24N2O2. The van der Waals surface area contributed by atoms with E-state index < -0.39 is 5.92 Å². The van der Waals surface area contributed by atoms with Crippen LogP contribution < -0.4 is 5.32 Å². The fraction of sp³-hybridized carbons (Fsp3) is 0.318. The van der Waals surface area contributed by atoms with Crippen molar-refractivity contribution in [2.75, 3.05) is 5.32 Å². The van der Waals surface area contributed by atoms with Crippen LogP contribution in [0.1, 0.15) is 47.4 Å². The molecule has 0 heterocycles. The van der Waals surface area contributed by atoms with Gasteiger partial charge in [0.05, 0.1) is 6.07 Å². The van der Waals surface area contributed by atoms with Gasteiger partial charge in [-0.15, -0.1) is 0 Å². The van der Waals surface area contributed by atoms with Gasteiger partial charge in [-0.2, -0.15) is 5.26 Å². The van der Waals surface area contributed by atoms with Gasteiger partial charge in [-0.1, -0.05) is 35.9 Å². The Kier molecular flexibility index (Phi) is 6.68. The standard InChI is InChI=1S/C22H24N2O2/c1-15-7-10-18(11-8-15)20(14-23)21(25)5-4-6-22(26)24-19-12-9-16(2)17(3)13-19/h7-13,20H,4-6H2,1-3H3,(H,24,26)/t20-/m1/s1. The summed E-state index contributed by atoms with van der Waals surface area (Å²) < 4.78 is 0. The van der Waals surface area contributed by atoms with Crippen molar-refractivity contribution in [1.82, 2.24) is 0 Å². The van der Waals surface area contributed by atoms with Crippen LogP contribution in [0.3, 0.4) is 0 Å². The zero-order chi connectivity index (χ0) is 19.1. The van der Waals surface area contributed by atoms with E-state index in [1.807, 2.05) is 63.2 Å². The quantitative estimate of drug-likeness (QED) is 0.795. The number of nitrogens with one attached hydrogen (secondary N) is 1. The molecule has 0 aliphatic carbocycles. The minimum Gasteiger partial charge on any atom is -0.326 e. The highest BCUT2D eigenvalue weighted by Gasteiger charge is 2.19. The Morgan fingerprint density at radius 3 is 2.31 bits per heavy atom. The molecule has 0 radical (unpaired) electrons. The van der Waals surface area contributed by atoms with Gasteiger partial charge in [0, 0.05) is 18.5 Å². The second-order valence-corrected chi connectivity index (χ2v) is 6.64. The third-order valence-corrected chi connectivity index (χ3v) is 4.48. The molecule has 0 spiro atoms. The molecule has 0 unspecified atom stereocenters. The van der Waals surface area contributed by atoms with E-state index in [1.54, 1.807) is 0 Å². The van der Waals surface area contributed by atoms with Crippen molar-refractivity contribution < 1.29 is 9.59 Å². The number of hydrogen-bond acceptors (Lipinski definition) is 3. The van der Waals surface area contributed by atoms with Gasteiger partial charge in [-0.05, 0) is 56.0 Å². The molecule has 0 aliphatic heterocycles. The Morgan fingerprint density at radius 1 is 1.00 bits per heavy atom. The Morgan fingerprint density at radius 2 is 1.69 bits per heavy atom. The van der Waals surface area contributed by atoms with E-state index >= 15 is 0 Å².